The van der Waals surface area contributed by atoms with Gasteiger partial charge in [-0.05, 0) is 32.9 Å². The van der Waals surface area contributed by atoms with Gasteiger partial charge in [-0.3, -0.25) is 9.69 Å². The molecule has 130 valence electrons. The van der Waals surface area contributed by atoms with Crippen molar-refractivity contribution in [3.05, 3.63) is 30.0 Å². The van der Waals surface area contributed by atoms with E-state index in [1.807, 2.05) is 24.3 Å². The van der Waals surface area contributed by atoms with Crippen LogP contribution in [0.4, 0.5) is 0 Å². The smallest absolute Gasteiger partial charge is 0.226 e. The van der Waals surface area contributed by atoms with E-state index in [0.29, 0.717) is 17.8 Å². The predicted molar refractivity (Wildman–Crippen MR) is 91.8 cm³/mol. The second-order valence-corrected chi connectivity index (χ2v) is 6.67. The van der Waals surface area contributed by atoms with E-state index in [9.17, 15) is 4.79 Å². The average molecular weight is 331 g/mol. The van der Waals surface area contributed by atoms with Crippen LogP contribution in [0.15, 0.2) is 28.8 Å². The molecule has 0 spiro atoms. The minimum absolute atomic E-state index is 0.0322. The Morgan fingerprint density at radius 2 is 2.04 bits per heavy atom. The number of amides is 1. The lowest BCUT2D eigenvalue weighted by Gasteiger charge is -2.39. The van der Waals surface area contributed by atoms with Gasteiger partial charge in [-0.15, -0.1) is 0 Å². The van der Waals surface area contributed by atoms with Gasteiger partial charge in [0.2, 0.25) is 5.91 Å². The lowest BCUT2D eigenvalue weighted by Crippen LogP contribution is -2.52. The highest BCUT2D eigenvalue weighted by Crippen LogP contribution is 2.18. The van der Waals surface area contributed by atoms with E-state index in [1.54, 1.807) is 0 Å². The van der Waals surface area contributed by atoms with Gasteiger partial charge in [0.05, 0.1) is 18.6 Å². The third-order valence-electron chi connectivity index (χ3n) is 4.45. The Bertz CT molecular complexity index is 690. The largest absolute Gasteiger partial charge is 0.373 e. The Balaban J connectivity index is 1.52. The molecule has 1 aromatic carbocycles. The molecule has 24 heavy (non-hydrogen) atoms. The Morgan fingerprint density at radius 3 is 2.79 bits per heavy atom. The molecule has 6 nitrogen and oxygen atoms in total. The van der Waals surface area contributed by atoms with Crippen molar-refractivity contribution in [2.45, 2.75) is 45.4 Å². The Labute approximate surface area is 142 Å². The molecule has 2 heterocycles. The first-order chi connectivity index (χ1) is 11.5. The first-order valence-corrected chi connectivity index (χ1v) is 8.52. The van der Waals surface area contributed by atoms with Gasteiger partial charge in [0, 0.05) is 31.1 Å². The highest BCUT2D eigenvalue weighted by Gasteiger charge is 2.25. The van der Waals surface area contributed by atoms with E-state index in [0.717, 1.165) is 18.5 Å². The van der Waals surface area contributed by atoms with Gasteiger partial charge >= 0.3 is 0 Å². The van der Waals surface area contributed by atoms with Crippen molar-refractivity contribution in [3.8, 4) is 0 Å². The zero-order valence-electron chi connectivity index (χ0n) is 14.5. The molecule has 0 aliphatic carbocycles. The summed E-state index contributed by atoms with van der Waals surface area (Å²) in [5.41, 5.74) is 1.40. The number of hydrogen-bond donors (Lipinski definition) is 1. The SMILES string of the molecule is C[C@@H]1CN([C@@H](C)CNC(=O)Cc2noc3ccccc23)C[C@H](C)O1. The van der Waals surface area contributed by atoms with Crippen LogP contribution < -0.4 is 5.32 Å². The quantitative estimate of drug-likeness (QED) is 0.907. The molecule has 1 aliphatic rings. The number of carbonyl (C=O) groups excluding carboxylic acids is 1. The standard InChI is InChI=1S/C18H25N3O3/c1-12(21-10-13(2)23-14(3)11-21)9-19-18(22)8-16-15-6-4-5-7-17(15)24-20-16/h4-7,12-14H,8-11H2,1-3H3,(H,19,22)/t12-,13-,14+/m0/s1. The molecule has 0 radical (unpaired) electrons. The van der Waals surface area contributed by atoms with Crippen molar-refractivity contribution in [1.82, 2.24) is 15.4 Å². The molecular formula is C18H25N3O3. The maximum absolute atomic E-state index is 12.2. The molecule has 1 amide bonds. The van der Waals surface area contributed by atoms with E-state index in [1.165, 1.54) is 0 Å². The predicted octanol–water partition coefficient (Wildman–Crippen LogP) is 1.98. The van der Waals surface area contributed by atoms with Gasteiger partial charge in [-0.1, -0.05) is 17.3 Å². The molecule has 6 heteroatoms. The van der Waals surface area contributed by atoms with Crippen molar-refractivity contribution >= 4 is 16.9 Å². The molecule has 3 atom stereocenters. The number of ether oxygens (including phenoxy) is 1. The summed E-state index contributed by atoms with van der Waals surface area (Å²) in [5.74, 6) is -0.0322. The minimum Gasteiger partial charge on any atom is -0.373 e. The summed E-state index contributed by atoms with van der Waals surface area (Å²) in [7, 11) is 0. The van der Waals surface area contributed by atoms with E-state index in [2.05, 4.69) is 36.1 Å². The number of nitrogens with zero attached hydrogens (tertiary/aromatic N) is 2. The molecule has 3 rings (SSSR count). The molecule has 1 saturated heterocycles. The number of para-hydroxylation sites is 1. The summed E-state index contributed by atoms with van der Waals surface area (Å²) in [6.07, 6.45) is 0.696. The Kier molecular flexibility index (Phi) is 5.16. The van der Waals surface area contributed by atoms with E-state index >= 15 is 0 Å². The average Bonchev–Trinajstić information content (AvgIpc) is 2.95. The summed E-state index contributed by atoms with van der Waals surface area (Å²) in [5, 5.41) is 7.92. The van der Waals surface area contributed by atoms with Gasteiger partial charge in [0.15, 0.2) is 5.58 Å². The summed E-state index contributed by atoms with van der Waals surface area (Å²) < 4.78 is 11.0. The lowest BCUT2D eigenvalue weighted by atomic mass is 10.1. The molecule has 0 unspecified atom stereocenters. The zero-order valence-corrected chi connectivity index (χ0v) is 14.5. The van der Waals surface area contributed by atoms with Gasteiger partial charge in [-0.25, -0.2) is 0 Å². The number of nitrogens with one attached hydrogen (secondary N) is 1. The van der Waals surface area contributed by atoms with Crippen molar-refractivity contribution in [2.75, 3.05) is 19.6 Å². The Hall–Kier alpha value is -1.92. The fraction of sp³-hybridized carbons (Fsp3) is 0.556. The van der Waals surface area contributed by atoms with E-state index in [-0.39, 0.29) is 30.6 Å². The molecule has 0 saturated carbocycles. The van der Waals surface area contributed by atoms with Gasteiger partial charge in [-0.2, -0.15) is 0 Å². The van der Waals surface area contributed by atoms with Crippen LogP contribution in [0.1, 0.15) is 26.5 Å². The van der Waals surface area contributed by atoms with Gasteiger partial charge in [0.1, 0.15) is 5.69 Å². The van der Waals surface area contributed by atoms with Crippen molar-refractivity contribution in [2.24, 2.45) is 0 Å². The molecule has 2 aromatic rings. The third kappa shape index (κ3) is 3.94. The number of morpholine rings is 1. The van der Waals surface area contributed by atoms with E-state index in [4.69, 9.17) is 9.26 Å². The number of hydrogen-bond acceptors (Lipinski definition) is 5. The van der Waals surface area contributed by atoms with Gasteiger partial charge in [0.25, 0.3) is 0 Å². The van der Waals surface area contributed by atoms with Crippen LogP contribution in [0.5, 0.6) is 0 Å². The minimum atomic E-state index is -0.0322. The molecule has 1 aliphatic heterocycles. The Morgan fingerprint density at radius 1 is 1.33 bits per heavy atom. The molecule has 1 N–H and O–H groups in total. The summed E-state index contributed by atoms with van der Waals surface area (Å²) in [6.45, 7) is 8.72. The lowest BCUT2D eigenvalue weighted by molar-refractivity contribution is -0.121. The number of fused-ring (bicyclic) bond motifs is 1. The molecule has 1 aromatic heterocycles. The molecule has 0 bridgehead atoms. The fourth-order valence-corrected chi connectivity index (χ4v) is 3.25. The van der Waals surface area contributed by atoms with Crippen LogP contribution in [-0.4, -0.2) is 53.8 Å². The monoisotopic (exact) mass is 331 g/mol. The van der Waals surface area contributed by atoms with Crippen LogP contribution in [0.2, 0.25) is 0 Å². The number of carbonyl (C=O) groups is 1. The van der Waals surface area contributed by atoms with Crippen LogP contribution >= 0.6 is 0 Å². The molecule has 1 fully saturated rings. The van der Waals surface area contributed by atoms with Crippen LogP contribution in [0, 0.1) is 0 Å². The third-order valence-corrected chi connectivity index (χ3v) is 4.45. The topological polar surface area (TPSA) is 67.6 Å². The van der Waals surface area contributed by atoms with Crippen LogP contribution in [-0.2, 0) is 16.0 Å². The molecular weight excluding hydrogens is 306 g/mol. The summed E-state index contributed by atoms with van der Waals surface area (Å²) in [6, 6.07) is 7.87. The van der Waals surface area contributed by atoms with Crippen molar-refractivity contribution < 1.29 is 14.1 Å². The van der Waals surface area contributed by atoms with Crippen LogP contribution in [0.25, 0.3) is 11.0 Å². The zero-order chi connectivity index (χ0) is 17.1. The number of benzene rings is 1. The van der Waals surface area contributed by atoms with Crippen molar-refractivity contribution in [1.29, 1.82) is 0 Å². The normalized spacial score (nSPS) is 23.3. The maximum atomic E-state index is 12.2. The number of rotatable bonds is 5. The van der Waals surface area contributed by atoms with Gasteiger partial charge < -0.3 is 14.6 Å². The van der Waals surface area contributed by atoms with Crippen molar-refractivity contribution in [3.63, 3.8) is 0 Å². The summed E-state index contributed by atoms with van der Waals surface area (Å²) in [4.78, 5) is 14.6. The van der Waals surface area contributed by atoms with Crippen LogP contribution in [0.3, 0.4) is 0 Å². The highest BCUT2D eigenvalue weighted by molar-refractivity contribution is 5.86. The highest BCUT2D eigenvalue weighted by atomic mass is 16.5. The maximum Gasteiger partial charge on any atom is 0.226 e. The summed E-state index contributed by atoms with van der Waals surface area (Å²) >= 11 is 0. The first kappa shape index (κ1) is 16.9. The number of aromatic nitrogens is 1. The van der Waals surface area contributed by atoms with E-state index < -0.39 is 0 Å². The second-order valence-electron chi connectivity index (χ2n) is 6.67. The fourth-order valence-electron chi connectivity index (χ4n) is 3.25. The second kappa shape index (κ2) is 7.32. The first-order valence-electron chi connectivity index (χ1n) is 8.52.